The average molecular weight is 146 g/mol. The topological polar surface area (TPSA) is 20.2 Å². The van der Waals surface area contributed by atoms with Gasteiger partial charge in [0.25, 0.3) is 0 Å². The van der Waals surface area contributed by atoms with Crippen molar-refractivity contribution in [3.05, 3.63) is 54.3 Å². The van der Waals surface area contributed by atoms with E-state index in [0.29, 0.717) is 0 Å². The van der Waals surface area contributed by atoms with Crippen molar-refractivity contribution in [2.75, 3.05) is 0 Å². The lowest BCUT2D eigenvalue weighted by atomic mass is 10.1. The molecule has 0 aliphatic heterocycles. The fraction of sp³-hybridized carbons (Fsp3) is 0.100. The van der Waals surface area contributed by atoms with Crippen LogP contribution in [0.25, 0.3) is 0 Å². The van der Waals surface area contributed by atoms with Gasteiger partial charge in [-0.1, -0.05) is 36.9 Å². The van der Waals surface area contributed by atoms with Gasteiger partial charge in [0.15, 0.2) is 0 Å². The lowest BCUT2D eigenvalue weighted by molar-refractivity contribution is 0.229. The van der Waals surface area contributed by atoms with E-state index in [4.69, 9.17) is 0 Å². The van der Waals surface area contributed by atoms with Crippen LogP contribution in [-0.2, 0) is 0 Å². The molecule has 0 amide bonds. The summed E-state index contributed by atoms with van der Waals surface area (Å²) in [6.45, 7) is 3.39. The Labute approximate surface area is 66.3 Å². The standard InChI is InChI=1S/C10H10O/c1-2-6-10(11)9-7-4-3-5-8-9/h3-8,10-11H,1H2/t10-/m1/s1. The summed E-state index contributed by atoms with van der Waals surface area (Å²) in [6, 6.07) is 9.40. The van der Waals surface area contributed by atoms with Gasteiger partial charge in [0.2, 0.25) is 0 Å². The quantitative estimate of drug-likeness (QED) is 0.633. The van der Waals surface area contributed by atoms with Crippen LogP contribution in [0.5, 0.6) is 0 Å². The normalized spacial score (nSPS) is 11.7. The Morgan fingerprint density at radius 2 is 2.00 bits per heavy atom. The molecule has 56 valence electrons. The third-order valence-corrected chi connectivity index (χ3v) is 1.42. The minimum absolute atomic E-state index is 0.575. The molecule has 0 saturated carbocycles. The van der Waals surface area contributed by atoms with E-state index in [2.05, 4.69) is 12.3 Å². The fourth-order valence-corrected chi connectivity index (χ4v) is 0.858. The van der Waals surface area contributed by atoms with Gasteiger partial charge >= 0.3 is 0 Å². The van der Waals surface area contributed by atoms with E-state index in [0.717, 1.165) is 5.56 Å². The summed E-state index contributed by atoms with van der Waals surface area (Å²) in [5.74, 6) is 0. The van der Waals surface area contributed by atoms with Crippen molar-refractivity contribution in [2.24, 2.45) is 0 Å². The number of aliphatic hydroxyl groups excluding tert-OH is 1. The molecular formula is C10H10O. The van der Waals surface area contributed by atoms with Crippen molar-refractivity contribution in [1.29, 1.82) is 0 Å². The van der Waals surface area contributed by atoms with Crippen molar-refractivity contribution >= 4 is 0 Å². The van der Waals surface area contributed by atoms with Crippen molar-refractivity contribution in [2.45, 2.75) is 6.10 Å². The summed E-state index contributed by atoms with van der Waals surface area (Å²) in [6.07, 6.45) is 0.948. The van der Waals surface area contributed by atoms with Crippen LogP contribution in [0, 0.1) is 0 Å². The van der Waals surface area contributed by atoms with Crippen LogP contribution in [0.4, 0.5) is 0 Å². The first-order valence-corrected chi connectivity index (χ1v) is 3.43. The molecule has 0 saturated heterocycles. The molecular weight excluding hydrogens is 136 g/mol. The number of benzene rings is 1. The molecule has 0 bridgehead atoms. The van der Waals surface area contributed by atoms with Crippen molar-refractivity contribution in [1.82, 2.24) is 0 Å². The highest BCUT2D eigenvalue weighted by atomic mass is 16.3. The molecule has 1 heteroatoms. The minimum atomic E-state index is -0.575. The van der Waals surface area contributed by atoms with Gasteiger partial charge in [0, 0.05) is 0 Å². The largest absolute Gasteiger partial charge is 0.384 e. The number of aliphatic hydroxyl groups is 1. The highest BCUT2D eigenvalue weighted by Gasteiger charge is 1.99. The van der Waals surface area contributed by atoms with Gasteiger partial charge in [0.05, 0.1) is 0 Å². The monoisotopic (exact) mass is 146 g/mol. The first-order valence-electron chi connectivity index (χ1n) is 3.43. The molecule has 1 aromatic rings. The summed E-state index contributed by atoms with van der Waals surface area (Å²) in [5, 5.41) is 9.36. The smallest absolute Gasteiger partial charge is 0.104 e. The van der Waals surface area contributed by atoms with Crippen molar-refractivity contribution in [3.63, 3.8) is 0 Å². The van der Waals surface area contributed by atoms with Gasteiger partial charge in [-0.25, -0.2) is 0 Å². The third kappa shape index (κ3) is 2.08. The van der Waals surface area contributed by atoms with Gasteiger partial charge in [-0.05, 0) is 11.6 Å². The lowest BCUT2D eigenvalue weighted by Crippen LogP contribution is -1.90. The molecule has 1 N–H and O–H groups in total. The fourth-order valence-electron chi connectivity index (χ4n) is 0.858. The van der Waals surface area contributed by atoms with E-state index >= 15 is 0 Å². The zero-order chi connectivity index (χ0) is 8.10. The molecule has 0 radical (unpaired) electrons. The predicted octanol–water partition coefficient (Wildman–Crippen LogP) is 2.06. The zero-order valence-corrected chi connectivity index (χ0v) is 6.20. The molecule has 1 rings (SSSR count). The zero-order valence-electron chi connectivity index (χ0n) is 6.20. The summed E-state index contributed by atoms with van der Waals surface area (Å²) >= 11 is 0. The minimum Gasteiger partial charge on any atom is -0.384 e. The van der Waals surface area contributed by atoms with E-state index in [9.17, 15) is 5.11 Å². The highest BCUT2D eigenvalue weighted by molar-refractivity contribution is 5.20. The summed E-state index contributed by atoms with van der Waals surface area (Å²) in [5.41, 5.74) is 3.41. The Hall–Kier alpha value is -1.30. The molecule has 0 aliphatic carbocycles. The second-order valence-electron chi connectivity index (χ2n) is 2.23. The maximum Gasteiger partial charge on any atom is 0.104 e. The van der Waals surface area contributed by atoms with Gasteiger partial charge in [-0.15, -0.1) is 5.73 Å². The van der Waals surface area contributed by atoms with E-state index in [1.165, 1.54) is 6.08 Å². The van der Waals surface area contributed by atoms with Crippen LogP contribution < -0.4 is 0 Å². The molecule has 0 heterocycles. The molecule has 0 unspecified atom stereocenters. The first-order chi connectivity index (χ1) is 5.34. The van der Waals surface area contributed by atoms with E-state index < -0.39 is 6.10 Å². The first kappa shape index (κ1) is 7.80. The van der Waals surface area contributed by atoms with E-state index in [1.54, 1.807) is 0 Å². The number of hydrogen-bond donors (Lipinski definition) is 1. The maximum absolute atomic E-state index is 9.36. The van der Waals surface area contributed by atoms with E-state index in [1.807, 2.05) is 30.3 Å². The van der Waals surface area contributed by atoms with Crippen LogP contribution >= 0.6 is 0 Å². The van der Waals surface area contributed by atoms with Crippen LogP contribution in [0.15, 0.2) is 48.7 Å². The second-order valence-corrected chi connectivity index (χ2v) is 2.23. The molecule has 1 nitrogen and oxygen atoms in total. The molecule has 1 aromatic carbocycles. The molecule has 11 heavy (non-hydrogen) atoms. The van der Waals surface area contributed by atoms with Crippen LogP contribution in [0.2, 0.25) is 0 Å². The van der Waals surface area contributed by atoms with Crippen LogP contribution in [-0.4, -0.2) is 5.11 Å². The SMILES string of the molecule is C=C=C[C@@H](O)c1ccccc1. The van der Waals surface area contributed by atoms with Gasteiger partial charge in [0.1, 0.15) is 6.10 Å². The molecule has 0 fully saturated rings. The van der Waals surface area contributed by atoms with Gasteiger partial charge < -0.3 is 5.11 Å². The summed E-state index contributed by atoms with van der Waals surface area (Å²) in [7, 11) is 0. The number of rotatable bonds is 2. The highest BCUT2D eigenvalue weighted by Crippen LogP contribution is 2.11. The Morgan fingerprint density at radius 3 is 2.55 bits per heavy atom. The van der Waals surface area contributed by atoms with Crippen LogP contribution in [0.1, 0.15) is 11.7 Å². The lowest BCUT2D eigenvalue weighted by Gasteiger charge is -2.02. The van der Waals surface area contributed by atoms with Gasteiger partial charge in [-0.3, -0.25) is 0 Å². The van der Waals surface area contributed by atoms with Gasteiger partial charge in [-0.2, -0.15) is 0 Å². The molecule has 0 aromatic heterocycles. The van der Waals surface area contributed by atoms with Crippen molar-refractivity contribution < 1.29 is 5.11 Å². The second kappa shape index (κ2) is 3.77. The van der Waals surface area contributed by atoms with Crippen molar-refractivity contribution in [3.8, 4) is 0 Å². The van der Waals surface area contributed by atoms with Crippen LogP contribution in [0.3, 0.4) is 0 Å². The maximum atomic E-state index is 9.36. The summed E-state index contributed by atoms with van der Waals surface area (Å²) < 4.78 is 0. The Kier molecular flexibility index (Phi) is 2.67. The molecule has 0 aliphatic rings. The summed E-state index contributed by atoms with van der Waals surface area (Å²) in [4.78, 5) is 0. The Morgan fingerprint density at radius 1 is 1.36 bits per heavy atom. The Balaban J connectivity index is 2.84. The third-order valence-electron chi connectivity index (χ3n) is 1.42. The predicted molar refractivity (Wildman–Crippen MR) is 45.1 cm³/mol. The van der Waals surface area contributed by atoms with E-state index in [-0.39, 0.29) is 0 Å². The average Bonchev–Trinajstić information content (AvgIpc) is 2.07. The molecule has 0 spiro atoms. The number of hydrogen-bond acceptors (Lipinski definition) is 1. The Bertz CT molecular complexity index is 257. The molecule has 1 atom stereocenters.